The predicted molar refractivity (Wildman–Crippen MR) is 54.3 cm³/mol. The van der Waals surface area contributed by atoms with Crippen LogP contribution in [0.5, 0.6) is 0 Å². The molecule has 0 aliphatic rings. The van der Waals surface area contributed by atoms with E-state index in [0.29, 0.717) is 0 Å². The van der Waals surface area contributed by atoms with E-state index in [2.05, 4.69) is 20.9 Å². The Labute approximate surface area is 86.2 Å². The molecule has 0 saturated heterocycles. The lowest BCUT2D eigenvalue weighted by Crippen LogP contribution is -1.95. The van der Waals surface area contributed by atoms with Crippen molar-refractivity contribution in [3.05, 3.63) is 27.7 Å². The van der Waals surface area contributed by atoms with E-state index in [1.54, 1.807) is 6.07 Å². The third kappa shape index (κ3) is 1.57. The van der Waals surface area contributed by atoms with E-state index in [9.17, 15) is 4.79 Å². The average molecular weight is 258 g/mol. The number of rotatable bonds is 1. The van der Waals surface area contributed by atoms with Gasteiger partial charge in [-0.2, -0.15) is 0 Å². The minimum absolute atomic E-state index is 0.224. The molecule has 2 aromatic rings. The first-order chi connectivity index (χ1) is 6.16. The second-order valence-corrected chi connectivity index (χ2v) is 4.93. The van der Waals surface area contributed by atoms with Gasteiger partial charge in [0.05, 0.1) is 19.6 Å². The lowest BCUT2D eigenvalue weighted by atomic mass is 10.3. The van der Waals surface area contributed by atoms with E-state index in [4.69, 9.17) is 5.11 Å². The molecule has 66 valence electrons. The number of thiophene rings is 1. The molecular formula is C8H4BrNO2S. The molecule has 2 aromatic heterocycles. The van der Waals surface area contributed by atoms with Crippen molar-refractivity contribution >= 4 is 43.5 Å². The lowest BCUT2D eigenvalue weighted by molar-refractivity contribution is 0.0696. The van der Waals surface area contributed by atoms with Crippen LogP contribution in [-0.2, 0) is 0 Å². The van der Waals surface area contributed by atoms with Crippen LogP contribution in [0.25, 0.3) is 10.2 Å². The van der Waals surface area contributed by atoms with Gasteiger partial charge in [0.1, 0.15) is 0 Å². The number of aromatic nitrogens is 1. The van der Waals surface area contributed by atoms with Crippen molar-refractivity contribution in [2.45, 2.75) is 0 Å². The van der Waals surface area contributed by atoms with E-state index >= 15 is 0 Å². The zero-order chi connectivity index (χ0) is 9.42. The van der Waals surface area contributed by atoms with Gasteiger partial charge in [-0.15, -0.1) is 11.3 Å². The number of carboxylic acid groups (broad SMARTS) is 1. The standard InChI is InChI=1S/C8H4BrNO2S/c9-7-2-5-6(13-7)1-4(3-10-5)8(11)12/h1-3H,(H,11,12). The van der Waals surface area contributed by atoms with Gasteiger partial charge in [0.15, 0.2) is 0 Å². The number of hydrogen-bond donors (Lipinski definition) is 1. The largest absolute Gasteiger partial charge is 0.478 e. The molecule has 5 heteroatoms. The summed E-state index contributed by atoms with van der Waals surface area (Å²) < 4.78 is 1.84. The van der Waals surface area contributed by atoms with Gasteiger partial charge >= 0.3 is 5.97 Å². The summed E-state index contributed by atoms with van der Waals surface area (Å²) in [5, 5.41) is 8.70. The first-order valence-electron chi connectivity index (χ1n) is 3.45. The first-order valence-corrected chi connectivity index (χ1v) is 5.06. The molecule has 1 N–H and O–H groups in total. The number of carbonyl (C=O) groups is 1. The van der Waals surface area contributed by atoms with Crippen molar-refractivity contribution < 1.29 is 9.90 Å². The summed E-state index contributed by atoms with van der Waals surface area (Å²) in [5.74, 6) is -0.945. The number of nitrogens with zero attached hydrogens (tertiary/aromatic N) is 1. The molecule has 0 aliphatic heterocycles. The van der Waals surface area contributed by atoms with E-state index in [0.717, 1.165) is 14.0 Å². The number of pyridine rings is 1. The van der Waals surface area contributed by atoms with Gasteiger partial charge in [0, 0.05) is 6.20 Å². The van der Waals surface area contributed by atoms with E-state index in [1.165, 1.54) is 17.5 Å². The van der Waals surface area contributed by atoms with Crippen molar-refractivity contribution in [1.82, 2.24) is 4.98 Å². The van der Waals surface area contributed by atoms with Crippen LogP contribution in [0, 0.1) is 0 Å². The topological polar surface area (TPSA) is 50.2 Å². The molecule has 2 heterocycles. The van der Waals surface area contributed by atoms with Gasteiger partial charge in [0.2, 0.25) is 0 Å². The zero-order valence-corrected chi connectivity index (χ0v) is 8.72. The Morgan fingerprint density at radius 1 is 1.54 bits per heavy atom. The fraction of sp³-hybridized carbons (Fsp3) is 0. The highest BCUT2D eigenvalue weighted by Crippen LogP contribution is 2.28. The molecule has 0 amide bonds. The van der Waals surface area contributed by atoms with E-state index < -0.39 is 5.97 Å². The molecule has 13 heavy (non-hydrogen) atoms. The Morgan fingerprint density at radius 2 is 2.31 bits per heavy atom. The lowest BCUT2D eigenvalue weighted by Gasteiger charge is -1.92. The highest BCUT2D eigenvalue weighted by Gasteiger charge is 2.06. The van der Waals surface area contributed by atoms with Crippen molar-refractivity contribution in [2.24, 2.45) is 0 Å². The summed E-state index contributed by atoms with van der Waals surface area (Å²) >= 11 is 4.79. The molecular weight excluding hydrogens is 254 g/mol. The molecule has 0 aliphatic carbocycles. The van der Waals surface area contributed by atoms with E-state index in [1.807, 2.05) is 6.07 Å². The van der Waals surface area contributed by atoms with Crippen LogP contribution in [0.3, 0.4) is 0 Å². The number of halogens is 1. The molecule has 0 atom stereocenters. The minimum atomic E-state index is -0.945. The highest BCUT2D eigenvalue weighted by molar-refractivity contribution is 9.11. The fourth-order valence-electron chi connectivity index (χ4n) is 1.00. The number of fused-ring (bicyclic) bond motifs is 1. The van der Waals surface area contributed by atoms with Crippen molar-refractivity contribution in [3.8, 4) is 0 Å². The van der Waals surface area contributed by atoms with Crippen LogP contribution in [0.4, 0.5) is 0 Å². The van der Waals surface area contributed by atoms with Gasteiger partial charge in [-0.1, -0.05) is 0 Å². The molecule has 0 fully saturated rings. The zero-order valence-electron chi connectivity index (χ0n) is 6.32. The van der Waals surface area contributed by atoms with E-state index in [-0.39, 0.29) is 5.56 Å². The summed E-state index contributed by atoms with van der Waals surface area (Å²) in [7, 11) is 0. The van der Waals surface area contributed by atoms with Crippen LogP contribution in [0.2, 0.25) is 0 Å². The Balaban J connectivity index is 2.67. The second kappa shape index (κ2) is 3.08. The van der Waals surface area contributed by atoms with Gasteiger partial charge in [-0.3, -0.25) is 4.98 Å². The normalized spacial score (nSPS) is 10.5. The van der Waals surface area contributed by atoms with Gasteiger partial charge in [0.25, 0.3) is 0 Å². The molecule has 2 rings (SSSR count). The van der Waals surface area contributed by atoms with Gasteiger partial charge in [-0.05, 0) is 28.1 Å². The average Bonchev–Trinajstić information content (AvgIpc) is 2.42. The SMILES string of the molecule is O=C(O)c1cnc2cc(Br)sc2c1. The Hall–Kier alpha value is -0.940. The molecule has 0 bridgehead atoms. The third-order valence-corrected chi connectivity index (χ3v) is 3.16. The van der Waals surface area contributed by atoms with Crippen molar-refractivity contribution in [3.63, 3.8) is 0 Å². The number of aromatic carboxylic acids is 1. The molecule has 0 spiro atoms. The number of carboxylic acids is 1. The number of hydrogen-bond acceptors (Lipinski definition) is 3. The van der Waals surface area contributed by atoms with Crippen LogP contribution < -0.4 is 0 Å². The Kier molecular flexibility index (Phi) is 2.05. The molecule has 0 aromatic carbocycles. The Bertz CT molecular complexity index is 480. The van der Waals surface area contributed by atoms with Crippen LogP contribution in [-0.4, -0.2) is 16.1 Å². The summed E-state index contributed by atoms with van der Waals surface area (Å²) in [4.78, 5) is 14.6. The van der Waals surface area contributed by atoms with Crippen molar-refractivity contribution in [2.75, 3.05) is 0 Å². The maximum absolute atomic E-state index is 10.6. The van der Waals surface area contributed by atoms with Crippen LogP contribution >= 0.6 is 27.3 Å². The summed E-state index contributed by atoms with van der Waals surface area (Å²) in [6.45, 7) is 0. The molecule has 0 radical (unpaired) electrons. The smallest absolute Gasteiger partial charge is 0.337 e. The minimum Gasteiger partial charge on any atom is -0.478 e. The molecule has 0 unspecified atom stereocenters. The third-order valence-electron chi connectivity index (χ3n) is 1.59. The maximum Gasteiger partial charge on any atom is 0.337 e. The van der Waals surface area contributed by atoms with Gasteiger partial charge in [-0.25, -0.2) is 4.79 Å². The van der Waals surface area contributed by atoms with Crippen LogP contribution in [0.15, 0.2) is 22.1 Å². The second-order valence-electron chi connectivity index (χ2n) is 2.46. The summed E-state index contributed by atoms with van der Waals surface area (Å²) in [6.07, 6.45) is 1.36. The first kappa shape index (κ1) is 8.65. The van der Waals surface area contributed by atoms with Gasteiger partial charge < -0.3 is 5.11 Å². The molecule has 3 nitrogen and oxygen atoms in total. The van der Waals surface area contributed by atoms with Crippen LogP contribution in [0.1, 0.15) is 10.4 Å². The predicted octanol–water partition coefficient (Wildman–Crippen LogP) is 2.76. The fourth-order valence-corrected chi connectivity index (χ4v) is 2.53. The molecule has 0 saturated carbocycles. The van der Waals surface area contributed by atoms with Crippen molar-refractivity contribution in [1.29, 1.82) is 0 Å². The highest BCUT2D eigenvalue weighted by atomic mass is 79.9. The Morgan fingerprint density at radius 3 is 3.00 bits per heavy atom. The monoisotopic (exact) mass is 257 g/mol. The quantitative estimate of drug-likeness (QED) is 0.855. The summed E-state index contributed by atoms with van der Waals surface area (Å²) in [6, 6.07) is 3.49. The summed E-state index contributed by atoms with van der Waals surface area (Å²) in [5.41, 5.74) is 1.05. The maximum atomic E-state index is 10.6.